The highest BCUT2D eigenvalue weighted by molar-refractivity contribution is 5.89. The fourth-order valence-electron chi connectivity index (χ4n) is 9.21. The number of benzene rings is 2. The van der Waals surface area contributed by atoms with Crippen LogP contribution in [0.2, 0.25) is 0 Å². The summed E-state index contributed by atoms with van der Waals surface area (Å²) in [6, 6.07) is 18.3. The number of imidazole rings is 2. The molecule has 0 spiro atoms. The first-order valence-electron chi connectivity index (χ1n) is 19.6. The molecule has 2 aromatic carbocycles. The van der Waals surface area contributed by atoms with Gasteiger partial charge in [0.2, 0.25) is 17.8 Å². The summed E-state index contributed by atoms with van der Waals surface area (Å²) in [5.41, 5.74) is 6.73. The zero-order chi connectivity index (χ0) is 39.8. The lowest BCUT2D eigenvalue weighted by Gasteiger charge is -2.30. The number of hydrogen-bond donors (Lipinski definition) is 4. The number of H-pyrrole nitrogens is 2. The fraction of sp³-hybridized carbons (Fsp3) is 0.364. The molecule has 57 heavy (non-hydrogen) atoms. The lowest BCUT2D eigenvalue weighted by Crippen LogP contribution is -2.49. The molecule has 0 unspecified atom stereocenters. The zero-order valence-electron chi connectivity index (χ0n) is 32.3. The average molecular weight is 771 g/mol. The van der Waals surface area contributed by atoms with E-state index >= 15 is 0 Å². The van der Waals surface area contributed by atoms with Crippen molar-refractivity contribution in [3.8, 4) is 33.6 Å². The van der Waals surface area contributed by atoms with Crippen molar-refractivity contribution in [1.29, 1.82) is 0 Å². The first-order valence-corrected chi connectivity index (χ1v) is 19.6. The summed E-state index contributed by atoms with van der Waals surface area (Å²) >= 11 is 0. The summed E-state index contributed by atoms with van der Waals surface area (Å²) in [6.45, 7) is 7.96. The number of ether oxygens (including phenoxy) is 1. The molecule has 1 aliphatic heterocycles. The van der Waals surface area contributed by atoms with Gasteiger partial charge in [0.15, 0.2) is 0 Å². The van der Waals surface area contributed by atoms with Gasteiger partial charge in [0.25, 0.3) is 0 Å². The fourth-order valence-corrected chi connectivity index (χ4v) is 9.21. The maximum Gasteiger partial charge on any atom is 0.407 e. The molecule has 3 amide bonds. The van der Waals surface area contributed by atoms with E-state index in [0.29, 0.717) is 29.4 Å². The van der Waals surface area contributed by atoms with Gasteiger partial charge in [-0.1, -0.05) is 61.2 Å². The Balaban J connectivity index is 0.924. The van der Waals surface area contributed by atoms with Crippen LogP contribution in [0.4, 0.5) is 9.18 Å². The third-order valence-corrected chi connectivity index (χ3v) is 12.1. The summed E-state index contributed by atoms with van der Waals surface area (Å²) in [6.07, 6.45) is 9.03. The van der Waals surface area contributed by atoms with Crippen molar-refractivity contribution in [3.63, 3.8) is 0 Å². The lowest BCUT2D eigenvalue weighted by molar-refractivity contribution is -0.133. The number of aromatic nitrogens is 5. The molecule has 0 radical (unpaired) electrons. The standard InChI is InChI=1S/C44H47FN8O4/c1-24(2)38(52-44(56)57-4)43(55)53-20-6-8-35(53)40-47-22-33(50-40)28-13-9-26(10-14-28)27-11-15-29(16-12-27)34-23-48-41(51-34)36-30-17-18-31(21-30)37(36)42(54)49-25(3)32-7-5-19-46-39(32)45/h5,7,9-16,19,22-23,25,30-31,35-38H,1,6,8,17-18,20-21H2,2-4H3,(H,47,50)(H,48,51)(H,49,54)(H,52,56)/t25-,30-,31+,35-,36+,37+,38-/m0/s1. The third kappa shape index (κ3) is 7.45. The highest BCUT2D eigenvalue weighted by Crippen LogP contribution is 2.56. The number of carbonyl (C=O) groups is 3. The monoisotopic (exact) mass is 770 g/mol. The number of fused-ring (bicyclic) bond motifs is 2. The molecule has 12 nitrogen and oxygen atoms in total. The summed E-state index contributed by atoms with van der Waals surface area (Å²) in [5, 5.41) is 5.67. The Morgan fingerprint density at radius 3 is 2.11 bits per heavy atom. The Bertz CT molecular complexity index is 2290. The molecule has 3 aliphatic rings. The number of likely N-dealkylation sites (tertiary alicyclic amines) is 1. The number of pyridine rings is 1. The van der Waals surface area contributed by atoms with Crippen LogP contribution in [0, 0.1) is 23.7 Å². The molecule has 5 aromatic rings. The molecule has 3 aromatic heterocycles. The molecular weight excluding hydrogens is 724 g/mol. The van der Waals surface area contributed by atoms with Crippen molar-refractivity contribution in [1.82, 2.24) is 40.5 Å². The molecule has 8 rings (SSSR count). The van der Waals surface area contributed by atoms with Gasteiger partial charge in [-0.05, 0) is 91.7 Å². The van der Waals surface area contributed by atoms with Crippen LogP contribution in [-0.4, -0.2) is 67.4 Å². The number of rotatable bonds is 11. The summed E-state index contributed by atoms with van der Waals surface area (Å²) in [5.74, 6) is 1.10. The maximum atomic E-state index is 14.4. The number of methoxy groups -OCH3 is 1. The van der Waals surface area contributed by atoms with Gasteiger partial charge < -0.3 is 30.2 Å². The minimum Gasteiger partial charge on any atom is -0.453 e. The minimum absolute atomic E-state index is 0.0176. The first-order chi connectivity index (χ1) is 27.6. The van der Waals surface area contributed by atoms with Gasteiger partial charge in [0, 0.05) is 24.2 Å². The Morgan fingerprint density at radius 1 is 0.860 bits per heavy atom. The second-order valence-electron chi connectivity index (χ2n) is 15.6. The van der Waals surface area contributed by atoms with Crippen molar-refractivity contribution in [3.05, 3.63) is 115 Å². The Labute approximate surface area is 330 Å². The number of halogens is 1. The van der Waals surface area contributed by atoms with Crippen molar-refractivity contribution in [2.45, 2.75) is 70.0 Å². The second-order valence-corrected chi connectivity index (χ2v) is 15.6. The van der Waals surface area contributed by atoms with E-state index in [1.54, 1.807) is 37.1 Å². The van der Waals surface area contributed by atoms with E-state index in [4.69, 9.17) is 9.72 Å². The van der Waals surface area contributed by atoms with Crippen molar-refractivity contribution >= 4 is 17.9 Å². The van der Waals surface area contributed by atoms with Gasteiger partial charge in [0.05, 0.1) is 48.9 Å². The molecule has 3 fully saturated rings. The quantitative estimate of drug-likeness (QED) is 0.0794. The van der Waals surface area contributed by atoms with Crippen LogP contribution in [0.25, 0.3) is 33.6 Å². The zero-order valence-corrected chi connectivity index (χ0v) is 32.3. The smallest absolute Gasteiger partial charge is 0.407 e. The second kappa shape index (κ2) is 15.8. The predicted octanol–water partition coefficient (Wildman–Crippen LogP) is 7.64. The van der Waals surface area contributed by atoms with E-state index in [1.807, 2.05) is 18.3 Å². The van der Waals surface area contributed by atoms with Gasteiger partial charge in [-0.15, -0.1) is 0 Å². The molecule has 7 atom stereocenters. The largest absolute Gasteiger partial charge is 0.453 e. The highest BCUT2D eigenvalue weighted by atomic mass is 19.1. The minimum atomic E-state index is -0.881. The Morgan fingerprint density at radius 2 is 1.47 bits per heavy atom. The SMILES string of the molecule is C=C(C)[C@H](NC(=O)OC)C(=O)N1CCC[C@H]1c1ncc(-c2ccc(-c3ccc(-c4cnc([C@@H]5[C@H]6CC[C@H](C6)[C@H]5C(=O)N[C@@H](C)c5cccnc5F)[nH]4)cc3)cc2)[nH]1. The van der Waals surface area contributed by atoms with Gasteiger partial charge in [-0.25, -0.2) is 19.7 Å². The average Bonchev–Trinajstić information content (AvgIpc) is 4.08. The van der Waals surface area contributed by atoms with Crippen molar-refractivity contribution in [2.24, 2.45) is 17.8 Å². The number of carbonyl (C=O) groups excluding carboxylic acids is 3. The van der Waals surface area contributed by atoms with Gasteiger partial charge in [-0.2, -0.15) is 4.39 Å². The first kappa shape index (κ1) is 37.8. The number of alkyl carbamates (subject to hydrolysis) is 1. The molecule has 294 valence electrons. The van der Waals surface area contributed by atoms with Crippen LogP contribution in [0.1, 0.15) is 81.2 Å². The third-order valence-electron chi connectivity index (χ3n) is 12.1. The predicted molar refractivity (Wildman–Crippen MR) is 213 cm³/mol. The van der Waals surface area contributed by atoms with E-state index in [0.717, 1.165) is 71.6 Å². The Kier molecular flexibility index (Phi) is 10.5. The number of amides is 3. The summed E-state index contributed by atoms with van der Waals surface area (Å²) < 4.78 is 19.1. The van der Waals surface area contributed by atoms with Gasteiger partial charge in [0.1, 0.15) is 17.7 Å². The van der Waals surface area contributed by atoms with Crippen LogP contribution in [0.3, 0.4) is 0 Å². The summed E-state index contributed by atoms with van der Waals surface area (Å²) in [4.78, 5) is 61.0. The Hall–Kier alpha value is -6.11. The molecule has 2 saturated carbocycles. The molecule has 2 bridgehead atoms. The van der Waals surface area contributed by atoms with Crippen LogP contribution >= 0.6 is 0 Å². The molecule has 1 saturated heterocycles. The van der Waals surface area contributed by atoms with E-state index in [-0.39, 0.29) is 35.6 Å². The number of nitrogens with one attached hydrogen (secondary N) is 4. The number of aromatic amines is 2. The number of nitrogens with zero attached hydrogens (tertiary/aromatic N) is 4. The van der Waals surface area contributed by atoms with Crippen LogP contribution in [0.15, 0.2) is 91.4 Å². The normalized spacial score (nSPS) is 22.2. The molecule has 13 heteroatoms. The van der Waals surface area contributed by atoms with Gasteiger partial charge in [-0.3, -0.25) is 9.59 Å². The van der Waals surface area contributed by atoms with Crippen molar-refractivity contribution in [2.75, 3.05) is 13.7 Å². The van der Waals surface area contributed by atoms with Crippen LogP contribution in [-0.2, 0) is 14.3 Å². The van der Waals surface area contributed by atoms with Gasteiger partial charge >= 0.3 is 6.09 Å². The maximum absolute atomic E-state index is 14.4. The van der Waals surface area contributed by atoms with E-state index in [2.05, 4.69) is 73.5 Å². The van der Waals surface area contributed by atoms with Crippen LogP contribution in [0.5, 0.6) is 0 Å². The molecular formula is C44H47FN8O4. The van der Waals surface area contributed by atoms with Crippen LogP contribution < -0.4 is 10.6 Å². The number of hydrogen-bond acceptors (Lipinski definition) is 7. The molecule has 4 heterocycles. The van der Waals surface area contributed by atoms with E-state index < -0.39 is 24.1 Å². The van der Waals surface area contributed by atoms with Crippen molar-refractivity contribution < 1.29 is 23.5 Å². The van der Waals surface area contributed by atoms with E-state index in [1.165, 1.54) is 13.3 Å². The highest BCUT2D eigenvalue weighted by Gasteiger charge is 2.52. The topological polar surface area (TPSA) is 158 Å². The molecule has 4 N–H and O–H groups in total. The van der Waals surface area contributed by atoms with E-state index in [9.17, 15) is 18.8 Å². The molecule has 2 aliphatic carbocycles. The summed E-state index contributed by atoms with van der Waals surface area (Å²) in [7, 11) is 1.26. The lowest BCUT2D eigenvalue weighted by atomic mass is 9.78.